The Balaban J connectivity index is 1.38. The van der Waals surface area contributed by atoms with Gasteiger partial charge >= 0.3 is 0 Å². The van der Waals surface area contributed by atoms with Crippen molar-refractivity contribution in [3.05, 3.63) is 36.8 Å². The highest BCUT2D eigenvalue weighted by Crippen LogP contribution is 2.22. The fourth-order valence-corrected chi connectivity index (χ4v) is 5.14. The number of sulfone groups is 1. The Hall–Kier alpha value is -2.06. The van der Waals surface area contributed by atoms with Gasteiger partial charge in [-0.1, -0.05) is 0 Å². The van der Waals surface area contributed by atoms with E-state index in [1.165, 1.54) is 0 Å². The average molecular weight is 373 g/mol. The SMILES string of the molecule is O=S1(=O)CCC(NC2CCN(c3nccc(-c4cccnc4)n3)C2)CC1. The molecule has 0 aromatic carbocycles. The van der Waals surface area contributed by atoms with Crippen molar-refractivity contribution in [1.29, 1.82) is 0 Å². The van der Waals surface area contributed by atoms with Crippen molar-refractivity contribution in [3.63, 3.8) is 0 Å². The Morgan fingerprint density at radius 2 is 1.92 bits per heavy atom. The number of pyridine rings is 1. The van der Waals surface area contributed by atoms with Crippen LogP contribution < -0.4 is 10.2 Å². The maximum Gasteiger partial charge on any atom is 0.225 e. The topological polar surface area (TPSA) is 88.1 Å². The summed E-state index contributed by atoms with van der Waals surface area (Å²) in [5, 5.41) is 3.63. The lowest BCUT2D eigenvalue weighted by Gasteiger charge is -2.26. The second-order valence-electron chi connectivity index (χ2n) is 7.01. The van der Waals surface area contributed by atoms with Gasteiger partial charge in [0.2, 0.25) is 5.95 Å². The summed E-state index contributed by atoms with van der Waals surface area (Å²) in [4.78, 5) is 15.5. The molecule has 8 heteroatoms. The summed E-state index contributed by atoms with van der Waals surface area (Å²) in [5.41, 5.74) is 1.85. The average Bonchev–Trinajstić information content (AvgIpc) is 3.13. The summed E-state index contributed by atoms with van der Waals surface area (Å²) >= 11 is 0. The quantitative estimate of drug-likeness (QED) is 0.864. The van der Waals surface area contributed by atoms with E-state index in [-0.39, 0.29) is 0 Å². The van der Waals surface area contributed by atoms with Crippen molar-refractivity contribution in [2.75, 3.05) is 29.5 Å². The maximum absolute atomic E-state index is 11.6. The third-order valence-electron chi connectivity index (χ3n) is 5.10. The summed E-state index contributed by atoms with van der Waals surface area (Å²) in [6.07, 6.45) is 7.79. The lowest BCUT2D eigenvalue weighted by atomic mass is 10.1. The van der Waals surface area contributed by atoms with Crippen LogP contribution in [0.5, 0.6) is 0 Å². The molecule has 2 aliphatic rings. The first-order valence-corrected chi connectivity index (χ1v) is 10.9. The number of nitrogens with one attached hydrogen (secondary N) is 1. The lowest BCUT2D eigenvalue weighted by molar-refractivity contribution is 0.414. The Kier molecular flexibility index (Phi) is 4.86. The molecule has 4 heterocycles. The van der Waals surface area contributed by atoms with Crippen molar-refractivity contribution in [2.45, 2.75) is 31.3 Å². The van der Waals surface area contributed by atoms with Gasteiger partial charge in [-0.05, 0) is 37.5 Å². The molecule has 0 bridgehead atoms. The third-order valence-corrected chi connectivity index (χ3v) is 6.81. The molecule has 1 unspecified atom stereocenters. The van der Waals surface area contributed by atoms with Gasteiger partial charge in [-0.2, -0.15) is 0 Å². The number of hydrogen-bond acceptors (Lipinski definition) is 7. The molecule has 0 radical (unpaired) electrons. The highest BCUT2D eigenvalue weighted by Gasteiger charge is 2.29. The Bertz CT molecular complexity index is 845. The van der Waals surface area contributed by atoms with E-state index in [0.29, 0.717) is 36.4 Å². The zero-order valence-corrected chi connectivity index (χ0v) is 15.4. The van der Waals surface area contributed by atoms with Crippen LogP contribution in [0.25, 0.3) is 11.3 Å². The van der Waals surface area contributed by atoms with E-state index in [4.69, 9.17) is 4.98 Å². The van der Waals surface area contributed by atoms with E-state index >= 15 is 0 Å². The molecule has 0 aliphatic carbocycles. The van der Waals surface area contributed by atoms with Crippen molar-refractivity contribution in [3.8, 4) is 11.3 Å². The van der Waals surface area contributed by atoms with Crippen LogP contribution in [0.3, 0.4) is 0 Å². The zero-order chi connectivity index (χ0) is 18.0. The number of anilines is 1. The first-order valence-electron chi connectivity index (χ1n) is 9.04. The summed E-state index contributed by atoms with van der Waals surface area (Å²) in [5.74, 6) is 1.34. The Morgan fingerprint density at radius 3 is 2.69 bits per heavy atom. The van der Waals surface area contributed by atoms with Crippen LogP contribution >= 0.6 is 0 Å². The van der Waals surface area contributed by atoms with Gasteiger partial charge < -0.3 is 10.2 Å². The van der Waals surface area contributed by atoms with Gasteiger partial charge in [-0.25, -0.2) is 18.4 Å². The van der Waals surface area contributed by atoms with Crippen LogP contribution in [0.2, 0.25) is 0 Å². The van der Waals surface area contributed by atoms with Crippen LogP contribution in [-0.4, -0.2) is 60.0 Å². The van der Waals surface area contributed by atoms with Crippen LogP contribution in [0.15, 0.2) is 36.8 Å². The number of rotatable bonds is 4. The molecule has 0 amide bonds. The Morgan fingerprint density at radius 1 is 1.08 bits per heavy atom. The number of aromatic nitrogens is 3. The van der Waals surface area contributed by atoms with E-state index in [1.807, 2.05) is 18.2 Å². The standard InChI is InChI=1S/C18H23N5O2S/c24-26(25)10-5-15(6-11-26)21-16-4-9-23(13-16)18-20-8-3-17(22-18)14-2-1-7-19-12-14/h1-3,7-8,12,15-16,21H,4-6,9-11,13H2. The normalized spacial score (nSPS) is 23.2. The highest BCUT2D eigenvalue weighted by molar-refractivity contribution is 7.91. The second kappa shape index (κ2) is 7.28. The number of nitrogens with zero attached hydrogens (tertiary/aromatic N) is 4. The molecular weight excluding hydrogens is 350 g/mol. The van der Waals surface area contributed by atoms with Crippen LogP contribution in [0.4, 0.5) is 5.95 Å². The monoisotopic (exact) mass is 373 g/mol. The number of hydrogen-bond donors (Lipinski definition) is 1. The minimum atomic E-state index is -2.81. The van der Waals surface area contributed by atoms with Crippen molar-refractivity contribution < 1.29 is 8.42 Å². The van der Waals surface area contributed by atoms with Gasteiger partial charge in [0.25, 0.3) is 0 Å². The molecule has 0 saturated carbocycles. The van der Waals surface area contributed by atoms with Crippen LogP contribution in [0.1, 0.15) is 19.3 Å². The molecule has 2 fully saturated rings. The first kappa shape index (κ1) is 17.4. The summed E-state index contributed by atoms with van der Waals surface area (Å²) < 4.78 is 23.1. The van der Waals surface area contributed by atoms with E-state index in [2.05, 4.69) is 20.2 Å². The molecule has 4 rings (SSSR count). The molecule has 1 N–H and O–H groups in total. The molecule has 1 atom stereocenters. The van der Waals surface area contributed by atoms with Gasteiger partial charge in [0.1, 0.15) is 9.84 Å². The van der Waals surface area contributed by atoms with E-state index < -0.39 is 9.84 Å². The highest BCUT2D eigenvalue weighted by atomic mass is 32.2. The van der Waals surface area contributed by atoms with Crippen molar-refractivity contribution in [1.82, 2.24) is 20.3 Å². The molecule has 2 saturated heterocycles. The van der Waals surface area contributed by atoms with E-state index in [9.17, 15) is 8.42 Å². The molecular formula is C18H23N5O2S. The third kappa shape index (κ3) is 4.02. The van der Waals surface area contributed by atoms with E-state index in [1.54, 1.807) is 18.6 Å². The summed E-state index contributed by atoms with van der Waals surface area (Å²) in [6, 6.07) is 6.44. The molecule has 2 aromatic rings. The second-order valence-corrected chi connectivity index (χ2v) is 9.31. The molecule has 138 valence electrons. The molecule has 2 aromatic heterocycles. The fourth-order valence-electron chi connectivity index (χ4n) is 3.64. The minimum absolute atomic E-state index is 0.297. The minimum Gasteiger partial charge on any atom is -0.339 e. The Labute approximate surface area is 153 Å². The van der Waals surface area contributed by atoms with Crippen molar-refractivity contribution in [2.24, 2.45) is 0 Å². The zero-order valence-electron chi connectivity index (χ0n) is 14.6. The predicted molar refractivity (Wildman–Crippen MR) is 101 cm³/mol. The summed E-state index contributed by atoms with van der Waals surface area (Å²) in [7, 11) is -2.81. The van der Waals surface area contributed by atoms with Gasteiger partial charge in [0.05, 0.1) is 17.2 Å². The van der Waals surface area contributed by atoms with Crippen LogP contribution in [0, 0.1) is 0 Å². The fraction of sp³-hybridized carbons (Fsp3) is 0.500. The smallest absolute Gasteiger partial charge is 0.225 e. The van der Waals surface area contributed by atoms with Crippen LogP contribution in [-0.2, 0) is 9.84 Å². The summed E-state index contributed by atoms with van der Waals surface area (Å²) in [6.45, 7) is 1.75. The molecule has 2 aliphatic heterocycles. The van der Waals surface area contributed by atoms with Crippen molar-refractivity contribution >= 4 is 15.8 Å². The first-order chi connectivity index (χ1) is 12.6. The maximum atomic E-state index is 11.6. The lowest BCUT2D eigenvalue weighted by Crippen LogP contribution is -2.44. The molecule has 0 spiro atoms. The molecule has 7 nitrogen and oxygen atoms in total. The van der Waals surface area contributed by atoms with Gasteiger partial charge in [-0.3, -0.25) is 4.98 Å². The van der Waals surface area contributed by atoms with Gasteiger partial charge in [0, 0.05) is 49.3 Å². The van der Waals surface area contributed by atoms with E-state index in [0.717, 1.165) is 36.7 Å². The largest absolute Gasteiger partial charge is 0.339 e. The van der Waals surface area contributed by atoms with Gasteiger partial charge in [-0.15, -0.1) is 0 Å². The molecule has 26 heavy (non-hydrogen) atoms. The van der Waals surface area contributed by atoms with Gasteiger partial charge in [0.15, 0.2) is 0 Å². The predicted octanol–water partition coefficient (Wildman–Crippen LogP) is 1.28.